The highest BCUT2D eigenvalue weighted by Gasteiger charge is 2.46. The zero-order valence-electron chi connectivity index (χ0n) is 12.6. The Labute approximate surface area is 116 Å². The molecule has 2 saturated carbocycles. The van der Waals surface area contributed by atoms with Crippen molar-refractivity contribution in [1.82, 2.24) is 0 Å². The number of hydrogen-bond donors (Lipinski definition) is 1. The molecule has 2 unspecified atom stereocenters. The molecule has 0 aromatic carbocycles. The summed E-state index contributed by atoms with van der Waals surface area (Å²) in [5.74, 6) is -0.772. The molecule has 0 saturated heterocycles. The fraction of sp³-hybridized carbons (Fsp3) is 0.875. The molecule has 1 N–H and O–H groups in total. The van der Waals surface area contributed by atoms with E-state index in [0.717, 1.165) is 32.1 Å². The Bertz CT molecular complexity index is 316. The number of hydrogen-bond acceptors (Lipinski definition) is 3. The van der Waals surface area contributed by atoms with E-state index in [1.165, 1.54) is 6.42 Å². The van der Waals surface area contributed by atoms with E-state index in [0.29, 0.717) is 12.8 Å². The first-order chi connectivity index (χ1) is 8.96. The fourth-order valence-corrected chi connectivity index (χ4v) is 3.15. The lowest BCUT2D eigenvalue weighted by Crippen LogP contribution is -2.49. The molecule has 3 nitrogen and oxygen atoms in total. The summed E-state index contributed by atoms with van der Waals surface area (Å²) in [7, 11) is 0. The van der Waals surface area contributed by atoms with Crippen LogP contribution in [0.4, 0.5) is 0 Å². The largest absolute Gasteiger partial charge is 0.389 e. The second-order valence-corrected chi connectivity index (χ2v) is 6.05. The van der Waals surface area contributed by atoms with Crippen LogP contribution in [0.2, 0.25) is 0 Å². The van der Waals surface area contributed by atoms with Crippen LogP contribution in [0.3, 0.4) is 0 Å². The van der Waals surface area contributed by atoms with Gasteiger partial charge in [-0.05, 0) is 26.2 Å². The predicted octanol–water partition coefficient (Wildman–Crippen LogP) is 3.28. The van der Waals surface area contributed by atoms with E-state index in [1.807, 2.05) is 0 Å². The smallest absolute Gasteiger partial charge is 0.148 e. The Kier molecular flexibility index (Phi) is 6.18. The molecule has 0 bridgehead atoms. The van der Waals surface area contributed by atoms with Crippen molar-refractivity contribution >= 4 is 11.6 Å². The van der Waals surface area contributed by atoms with Crippen LogP contribution in [0.1, 0.15) is 72.1 Å². The molecule has 0 radical (unpaired) electrons. The number of aliphatic hydroxyl groups is 1. The average molecular weight is 268 g/mol. The molecule has 2 fully saturated rings. The Morgan fingerprint density at radius 3 is 2.21 bits per heavy atom. The van der Waals surface area contributed by atoms with Gasteiger partial charge in [0.2, 0.25) is 0 Å². The van der Waals surface area contributed by atoms with Gasteiger partial charge in [-0.15, -0.1) is 0 Å². The Balaban J connectivity index is 0.000000550. The summed E-state index contributed by atoms with van der Waals surface area (Å²) < 4.78 is 0. The van der Waals surface area contributed by atoms with Crippen molar-refractivity contribution in [3.05, 3.63) is 0 Å². The van der Waals surface area contributed by atoms with Crippen LogP contribution in [0.5, 0.6) is 0 Å². The molecule has 110 valence electrons. The normalized spacial score (nSPS) is 30.5. The maximum atomic E-state index is 12.1. The van der Waals surface area contributed by atoms with Crippen LogP contribution in [0.15, 0.2) is 0 Å². The first kappa shape index (κ1) is 16.4. The van der Waals surface area contributed by atoms with Crippen molar-refractivity contribution in [3.8, 4) is 0 Å². The minimum atomic E-state index is -0.815. The van der Waals surface area contributed by atoms with Crippen LogP contribution in [-0.2, 0) is 9.59 Å². The first-order valence-corrected chi connectivity index (χ1v) is 7.75. The third-order valence-corrected chi connectivity index (χ3v) is 4.30. The molecule has 0 aromatic rings. The summed E-state index contributed by atoms with van der Waals surface area (Å²) >= 11 is 0. The third kappa shape index (κ3) is 3.88. The topological polar surface area (TPSA) is 54.4 Å². The lowest BCUT2D eigenvalue weighted by atomic mass is 9.67. The molecule has 0 spiro atoms. The van der Waals surface area contributed by atoms with Gasteiger partial charge in [-0.25, -0.2) is 0 Å². The Hall–Kier alpha value is -0.700. The van der Waals surface area contributed by atoms with Gasteiger partial charge in [-0.3, -0.25) is 9.59 Å². The average Bonchev–Trinajstić information content (AvgIpc) is 2.37. The van der Waals surface area contributed by atoms with Crippen LogP contribution < -0.4 is 0 Å². The van der Waals surface area contributed by atoms with Crippen molar-refractivity contribution in [2.24, 2.45) is 11.8 Å². The van der Waals surface area contributed by atoms with E-state index in [9.17, 15) is 14.7 Å². The molecule has 2 aliphatic rings. The van der Waals surface area contributed by atoms with E-state index in [4.69, 9.17) is 0 Å². The van der Waals surface area contributed by atoms with Crippen LogP contribution in [0, 0.1) is 11.8 Å². The number of rotatable bonds is 1. The van der Waals surface area contributed by atoms with E-state index < -0.39 is 11.5 Å². The summed E-state index contributed by atoms with van der Waals surface area (Å²) in [4.78, 5) is 23.5. The lowest BCUT2D eigenvalue weighted by Gasteiger charge is -2.41. The van der Waals surface area contributed by atoms with Crippen LogP contribution in [-0.4, -0.2) is 22.3 Å². The molecule has 19 heavy (non-hydrogen) atoms. The molecule has 2 rings (SSSR count). The summed E-state index contributed by atoms with van der Waals surface area (Å²) in [6, 6.07) is 0. The second kappa shape index (κ2) is 7.18. The quantitative estimate of drug-likeness (QED) is 0.742. The first-order valence-electron chi connectivity index (χ1n) is 7.75. The van der Waals surface area contributed by atoms with Crippen LogP contribution in [0.25, 0.3) is 0 Å². The molecule has 2 aliphatic carbocycles. The summed E-state index contributed by atoms with van der Waals surface area (Å²) in [6.07, 6.45) is 6.87. The molecular formula is C16H28O3. The molecule has 0 amide bonds. The third-order valence-electron chi connectivity index (χ3n) is 4.30. The summed E-state index contributed by atoms with van der Waals surface area (Å²) in [5.41, 5.74) is -0.815. The zero-order valence-corrected chi connectivity index (χ0v) is 12.6. The van der Waals surface area contributed by atoms with Gasteiger partial charge in [0.25, 0.3) is 0 Å². The standard InChI is InChI=1S/C13H20O3.C3H8/c1-9-11(14)6-5-10(12(9)15)13(16)7-3-2-4-8-13;1-3-2/h9-10,16H,2-8H2,1H3;3H2,1-2H3. The van der Waals surface area contributed by atoms with Gasteiger partial charge in [0.1, 0.15) is 11.6 Å². The number of Topliss-reactive ketones (excluding diaryl/α,β-unsaturated/α-hetero) is 2. The SMILES string of the molecule is CC1C(=O)CCC(C2(O)CCCCC2)C1=O.CCC. The number of ketones is 2. The summed E-state index contributed by atoms with van der Waals surface area (Å²) in [6.45, 7) is 5.93. The van der Waals surface area contributed by atoms with Gasteiger partial charge < -0.3 is 5.11 Å². The van der Waals surface area contributed by atoms with Crippen molar-refractivity contribution in [3.63, 3.8) is 0 Å². The maximum Gasteiger partial charge on any atom is 0.148 e. The van der Waals surface area contributed by atoms with Crippen molar-refractivity contribution in [2.75, 3.05) is 0 Å². The van der Waals surface area contributed by atoms with Gasteiger partial charge in [0, 0.05) is 12.3 Å². The van der Waals surface area contributed by atoms with Gasteiger partial charge in [-0.2, -0.15) is 0 Å². The van der Waals surface area contributed by atoms with E-state index in [1.54, 1.807) is 6.92 Å². The second-order valence-electron chi connectivity index (χ2n) is 6.05. The fourth-order valence-electron chi connectivity index (χ4n) is 3.15. The van der Waals surface area contributed by atoms with Crippen molar-refractivity contribution in [1.29, 1.82) is 0 Å². The van der Waals surface area contributed by atoms with E-state index in [2.05, 4.69) is 13.8 Å². The van der Waals surface area contributed by atoms with Crippen LogP contribution >= 0.6 is 0 Å². The van der Waals surface area contributed by atoms with Gasteiger partial charge in [-0.1, -0.05) is 39.5 Å². The molecule has 3 heteroatoms. The Morgan fingerprint density at radius 1 is 1.16 bits per heavy atom. The van der Waals surface area contributed by atoms with Crippen molar-refractivity contribution < 1.29 is 14.7 Å². The van der Waals surface area contributed by atoms with E-state index >= 15 is 0 Å². The summed E-state index contributed by atoms with van der Waals surface area (Å²) in [5, 5.41) is 10.5. The van der Waals surface area contributed by atoms with Crippen molar-refractivity contribution in [2.45, 2.75) is 77.7 Å². The van der Waals surface area contributed by atoms with Gasteiger partial charge in [0.05, 0.1) is 11.5 Å². The highest BCUT2D eigenvalue weighted by atomic mass is 16.3. The zero-order chi connectivity index (χ0) is 14.5. The number of carbonyl (C=O) groups is 2. The lowest BCUT2D eigenvalue weighted by molar-refractivity contribution is -0.148. The monoisotopic (exact) mass is 268 g/mol. The molecule has 0 aliphatic heterocycles. The molecule has 0 heterocycles. The highest BCUT2D eigenvalue weighted by Crippen LogP contribution is 2.40. The van der Waals surface area contributed by atoms with E-state index in [-0.39, 0.29) is 17.5 Å². The molecule has 0 aromatic heterocycles. The Morgan fingerprint density at radius 2 is 1.68 bits per heavy atom. The van der Waals surface area contributed by atoms with Gasteiger partial charge >= 0.3 is 0 Å². The minimum Gasteiger partial charge on any atom is -0.389 e. The molecular weight excluding hydrogens is 240 g/mol. The molecule has 2 atom stereocenters. The highest BCUT2D eigenvalue weighted by molar-refractivity contribution is 6.05. The minimum absolute atomic E-state index is 0.0272. The number of carbonyl (C=O) groups excluding carboxylic acids is 2. The maximum absolute atomic E-state index is 12.1. The van der Waals surface area contributed by atoms with Gasteiger partial charge in [0.15, 0.2) is 0 Å². The predicted molar refractivity (Wildman–Crippen MR) is 75.9 cm³/mol.